The molecular weight excluding hydrogens is 263 g/mol. The summed E-state index contributed by atoms with van der Waals surface area (Å²) in [6.07, 6.45) is 13.6. The fourth-order valence-corrected chi connectivity index (χ4v) is 7.40. The van der Waals surface area contributed by atoms with E-state index in [1.165, 1.54) is 13.3 Å². The molecule has 0 aliphatic carbocycles. The molecule has 0 rings (SSSR count). The molecule has 0 aromatic rings. The molecule has 0 unspecified atom stereocenters. The summed E-state index contributed by atoms with van der Waals surface area (Å²) < 4.78 is 4.19. The van der Waals surface area contributed by atoms with Gasteiger partial charge in [0.1, 0.15) is 0 Å². The first-order chi connectivity index (χ1) is 6.35. The van der Waals surface area contributed by atoms with Gasteiger partial charge in [-0.25, -0.2) is 0 Å². The zero-order valence-corrected chi connectivity index (χ0v) is 11.9. The summed E-state index contributed by atoms with van der Waals surface area (Å²) in [7, 11) is 0. The predicted molar refractivity (Wildman–Crippen MR) is 64.6 cm³/mol. The summed E-state index contributed by atoms with van der Waals surface area (Å²) >= 11 is -1.10. The molecular formula is C12H21Sn+. The first-order valence-corrected chi connectivity index (χ1v) is 11.1. The first-order valence-electron chi connectivity index (χ1n) is 5.02. The Balaban J connectivity index is 3.86. The fourth-order valence-electron chi connectivity index (χ4n) is 1.10. The molecule has 72 valence electrons. The van der Waals surface area contributed by atoms with Crippen molar-refractivity contribution in [2.75, 3.05) is 0 Å². The van der Waals surface area contributed by atoms with E-state index in [9.17, 15) is 0 Å². The molecule has 0 N–H and O–H groups in total. The van der Waals surface area contributed by atoms with Crippen LogP contribution < -0.4 is 0 Å². The van der Waals surface area contributed by atoms with Gasteiger partial charge in [-0.2, -0.15) is 0 Å². The van der Waals surface area contributed by atoms with Crippen molar-refractivity contribution in [1.29, 1.82) is 0 Å². The summed E-state index contributed by atoms with van der Waals surface area (Å²) in [4.78, 5) is 0. The molecule has 0 nitrogen and oxygen atoms in total. The number of allylic oxidation sites excluding steroid dienone is 6. The van der Waals surface area contributed by atoms with Crippen molar-refractivity contribution in [1.82, 2.24) is 0 Å². The Bertz CT molecular complexity index is 144. The molecule has 0 spiro atoms. The standard InChI is InChI=1S/3C4H7.Sn/c3*1-3-4-2;/h3*3-4H,1H2,2H3;/q;;;+1/b3*4-3+;. The van der Waals surface area contributed by atoms with Crippen molar-refractivity contribution < 1.29 is 0 Å². The molecule has 0 saturated carbocycles. The van der Waals surface area contributed by atoms with Crippen molar-refractivity contribution in [2.45, 2.75) is 34.1 Å². The third-order valence-corrected chi connectivity index (χ3v) is 8.89. The van der Waals surface area contributed by atoms with Crippen LogP contribution in [0, 0.1) is 0 Å². The molecule has 0 aromatic heterocycles. The van der Waals surface area contributed by atoms with E-state index in [1.54, 1.807) is 0 Å². The van der Waals surface area contributed by atoms with Gasteiger partial charge >= 0.3 is 90.3 Å². The molecule has 0 heterocycles. The Morgan fingerprint density at radius 1 is 0.692 bits per heavy atom. The van der Waals surface area contributed by atoms with Gasteiger partial charge in [0.2, 0.25) is 0 Å². The second-order valence-corrected chi connectivity index (χ2v) is 10.8. The van der Waals surface area contributed by atoms with Crippen molar-refractivity contribution in [3.8, 4) is 0 Å². The predicted octanol–water partition coefficient (Wildman–Crippen LogP) is 4.21. The van der Waals surface area contributed by atoms with Gasteiger partial charge in [-0.15, -0.1) is 0 Å². The van der Waals surface area contributed by atoms with E-state index in [2.05, 4.69) is 57.2 Å². The molecule has 0 aliphatic rings. The molecule has 0 bridgehead atoms. The summed E-state index contributed by atoms with van der Waals surface area (Å²) in [5.74, 6) is 0. The van der Waals surface area contributed by atoms with Crippen LogP contribution in [0.2, 0.25) is 13.3 Å². The van der Waals surface area contributed by atoms with Crippen LogP contribution in [-0.4, -0.2) is 19.8 Å². The van der Waals surface area contributed by atoms with Gasteiger partial charge in [0.15, 0.2) is 0 Å². The van der Waals surface area contributed by atoms with E-state index in [0.29, 0.717) is 0 Å². The molecule has 13 heavy (non-hydrogen) atoms. The van der Waals surface area contributed by atoms with Gasteiger partial charge in [0, 0.05) is 0 Å². The quantitative estimate of drug-likeness (QED) is 0.506. The van der Waals surface area contributed by atoms with Crippen LogP contribution >= 0.6 is 0 Å². The summed E-state index contributed by atoms with van der Waals surface area (Å²) in [5, 5.41) is 0. The van der Waals surface area contributed by atoms with Crippen molar-refractivity contribution in [3.63, 3.8) is 0 Å². The average Bonchev–Trinajstić information content (AvgIpc) is 2.17. The molecule has 0 aromatic carbocycles. The maximum atomic E-state index is 2.35. The average molecular weight is 284 g/mol. The van der Waals surface area contributed by atoms with Crippen LogP contribution in [0.5, 0.6) is 0 Å². The van der Waals surface area contributed by atoms with Gasteiger partial charge in [0.05, 0.1) is 0 Å². The Morgan fingerprint density at radius 2 is 1.00 bits per heavy atom. The topological polar surface area (TPSA) is 0 Å². The minimum atomic E-state index is -1.10. The molecule has 0 aliphatic heterocycles. The number of rotatable bonds is 6. The van der Waals surface area contributed by atoms with Crippen molar-refractivity contribution in [3.05, 3.63) is 36.5 Å². The van der Waals surface area contributed by atoms with Crippen LogP contribution in [0.3, 0.4) is 0 Å². The van der Waals surface area contributed by atoms with Gasteiger partial charge in [-0.05, 0) is 0 Å². The minimum absolute atomic E-state index is 1.10. The number of hydrogen-bond acceptors (Lipinski definition) is 0. The summed E-state index contributed by atoms with van der Waals surface area (Å²) in [5.41, 5.74) is 0. The summed E-state index contributed by atoms with van der Waals surface area (Å²) in [6.45, 7) is 6.35. The van der Waals surface area contributed by atoms with E-state index in [-0.39, 0.29) is 0 Å². The maximum absolute atomic E-state index is 2.35. The normalized spacial score (nSPS) is 12.2. The molecule has 0 amide bonds. The van der Waals surface area contributed by atoms with Gasteiger partial charge in [-0.3, -0.25) is 0 Å². The third kappa shape index (κ3) is 8.35. The molecule has 1 heteroatoms. The van der Waals surface area contributed by atoms with Crippen LogP contribution in [-0.2, 0) is 0 Å². The van der Waals surface area contributed by atoms with E-state index >= 15 is 0 Å². The van der Waals surface area contributed by atoms with Gasteiger partial charge < -0.3 is 0 Å². The van der Waals surface area contributed by atoms with Crippen molar-refractivity contribution >= 4 is 19.8 Å². The second-order valence-electron chi connectivity index (χ2n) is 3.07. The Hall–Kier alpha value is 0.0187. The van der Waals surface area contributed by atoms with Gasteiger partial charge in [0.25, 0.3) is 0 Å². The second kappa shape index (κ2) is 10.1. The first kappa shape index (κ1) is 13.0. The number of hydrogen-bond donors (Lipinski definition) is 0. The zero-order valence-electron chi connectivity index (χ0n) is 9.09. The molecule has 0 fully saturated rings. The van der Waals surface area contributed by atoms with Crippen LogP contribution in [0.25, 0.3) is 0 Å². The van der Waals surface area contributed by atoms with E-state index in [0.717, 1.165) is 0 Å². The van der Waals surface area contributed by atoms with E-state index in [1.807, 2.05) is 0 Å². The van der Waals surface area contributed by atoms with E-state index < -0.39 is 19.8 Å². The van der Waals surface area contributed by atoms with Crippen LogP contribution in [0.1, 0.15) is 20.8 Å². The third-order valence-electron chi connectivity index (χ3n) is 1.93. The Kier molecular flexibility index (Phi) is 10.1. The van der Waals surface area contributed by atoms with Gasteiger partial charge in [-0.1, -0.05) is 0 Å². The van der Waals surface area contributed by atoms with E-state index in [4.69, 9.17) is 0 Å². The zero-order chi connectivity index (χ0) is 9.94. The van der Waals surface area contributed by atoms with Crippen LogP contribution in [0.4, 0.5) is 0 Å². The monoisotopic (exact) mass is 285 g/mol. The molecule has 0 saturated heterocycles. The molecule has 0 atom stereocenters. The Labute approximate surface area is 90.2 Å². The van der Waals surface area contributed by atoms with Crippen molar-refractivity contribution in [2.24, 2.45) is 0 Å². The Morgan fingerprint density at radius 3 is 1.23 bits per heavy atom. The molecule has 0 radical (unpaired) electrons. The fraction of sp³-hybridized carbons (Fsp3) is 0.500. The van der Waals surface area contributed by atoms with Crippen LogP contribution in [0.15, 0.2) is 36.5 Å². The summed E-state index contributed by atoms with van der Waals surface area (Å²) in [6, 6.07) is 0. The SMILES string of the molecule is C/C=C/[CH2][Sn+]([CH2]/C=C/C)[CH2]/C=C/C.